The van der Waals surface area contributed by atoms with E-state index in [9.17, 15) is 0 Å². The van der Waals surface area contributed by atoms with Crippen LogP contribution in [0.4, 0.5) is 0 Å². The first-order chi connectivity index (χ1) is 0. The van der Waals surface area contributed by atoms with E-state index >= 15 is 0 Å². The first-order valence-electron chi connectivity index (χ1n) is 0. The topological polar surface area (TPSA) is 244 Å². The van der Waals surface area contributed by atoms with Gasteiger partial charge in [-0.15, -0.1) is 0 Å². The van der Waals surface area contributed by atoms with Crippen molar-refractivity contribution >= 4 is 77.5 Å². The van der Waals surface area contributed by atoms with Crippen LogP contribution in [0.1, 0.15) is 0 Å². The molecule has 0 bridgehead atoms. The largest absolute Gasteiger partial charge is 5.00 e. The molecule has 0 N–H and O–H groups in total. The molecule has 14 heavy (non-hydrogen) atoms. The smallest absolute Gasteiger partial charge is 3.00 e. The Labute approximate surface area is 179 Å². The quantitative estimate of drug-likeness (QED) is 0.375. The van der Waals surface area contributed by atoms with E-state index in [-0.39, 0.29) is 182 Å². The van der Waals surface area contributed by atoms with Crippen molar-refractivity contribution < 1.29 is 55.7 Å². The summed E-state index contributed by atoms with van der Waals surface area (Å²) in [6, 6.07) is 0. The number of rotatable bonds is 0. The van der Waals surface area contributed by atoms with E-state index < -0.39 is 0 Å². The Morgan fingerprint density at radius 1 is 0.214 bits per heavy atom. The summed E-state index contributed by atoms with van der Waals surface area (Å²) in [6.45, 7) is 0. The third kappa shape index (κ3) is 222. The Morgan fingerprint density at radius 2 is 0.214 bits per heavy atom. The summed E-state index contributed by atoms with van der Waals surface area (Å²) in [4.78, 5) is 0. The molecule has 0 spiro atoms. The first-order valence-corrected chi connectivity index (χ1v) is 0. The Balaban J connectivity index is 0. The molecule has 0 aromatic carbocycles. The van der Waals surface area contributed by atoms with Gasteiger partial charge in [-0.2, -0.15) is 0 Å². The van der Waals surface area contributed by atoms with Crippen LogP contribution in [0.15, 0.2) is 0 Å². The molecule has 0 saturated heterocycles. The van der Waals surface area contributed by atoms with Crippen molar-refractivity contribution in [3.63, 3.8) is 0 Å². The fourth-order valence-electron chi connectivity index (χ4n) is 0. The molecule has 0 heterocycles. The Kier molecular flexibility index (Phi) is 6140. The van der Waals surface area contributed by atoms with Gasteiger partial charge in [-0.05, 0) is 0 Å². The van der Waals surface area contributed by atoms with Crippen molar-refractivity contribution in [1.82, 2.24) is 0 Å². The van der Waals surface area contributed by atoms with Gasteiger partial charge in [-0.1, -0.05) is 0 Å². The number of nitrogens with zero attached hydrogens (tertiary/aromatic N) is 8. The summed E-state index contributed by atoms with van der Waals surface area (Å²) < 4.78 is 0. The maximum absolute atomic E-state index is 0. The van der Waals surface area contributed by atoms with Crippen molar-refractivity contribution in [2.75, 3.05) is 0 Å². The summed E-state index contributed by atoms with van der Waals surface area (Å²) >= 11 is 0. The second-order valence-corrected chi connectivity index (χ2v) is 0. The van der Waals surface area contributed by atoms with Gasteiger partial charge in [0.2, 0.25) is 0 Å². The van der Waals surface area contributed by atoms with Crippen LogP contribution in [-0.2, 0) is 55.7 Å². The molecule has 0 saturated carbocycles. The molecule has 0 atom stereocenters. The minimum absolute atomic E-state index is 0. The molecule has 0 aromatic rings. The average molecular weight is 609 g/mol. The third-order valence-corrected chi connectivity index (χ3v) is 0. The summed E-state index contributed by atoms with van der Waals surface area (Å²) in [5.74, 6) is 0. The SMILES string of the molecule is [In+3].[In+3].[In+3].[N-3].[N-3].[N-3].[N-3].[N-3].[N-3].[N-3].[N-3].[V+5].[V+5].[V+5]. The Bertz CT molecular complexity index is 19.8. The molecule has 0 amide bonds. The standard InChI is InChI=1S/3In.8N.3V/q3*+3;8*-3;3*+5. The van der Waals surface area contributed by atoms with Crippen LogP contribution in [-0.4, -0.2) is 77.5 Å². The van der Waals surface area contributed by atoms with Gasteiger partial charge in [-0.3, -0.25) is 0 Å². The van der Waals surface area contributed by atoms with E-state index in [1.54, 1.807) is 0 Å². The molecule has 0 fully saturated rings. The molecule has 14 heteroatoms. The zero-order valence-corrected chi connectivity index (χ0v) is 20.7. The Hall–Kier alpha value is 4.04. The molecular formula is In3N8V3. The summed E-state index contributed by atoms with van der Waals surface area (Å²) in [5, 5.41) is 0. The van der Waals surface area contributed by atoms with Gasteiger partial charge in [0.05, 0.1) is 0 Å². The van der Waals surface area contributed by atoms with E-state index in [2.05, 4.69) is 0 Å². The van der Waals surface area contributed by atoms with Crippen LogP contribution in [0.5, 0.6) is 0 Å². The average Bonchev–Trinajstić information content (AvgIpc) is 0. The molecule has 8 nitrogen and oxygen atoms in total. The van der Waals surface area contributed by atoms with Crippen LogP contribution >= 0.6 is 0 Å². The van der Waals surface area contributed by atoms with E-state index in [1.165, 1.54) is 0 Å². The molecular weight excluding hydrogens is 609 g/mol. The molecule has 64 valence electrons. The van der Waals surface area contributed by atoms with Gasteiger partial charge in [-0.25, -0.2) is 0 Å². The van der Waals surface area contributed by atoms with Crippen LogP contribution < -0.4 is 0 Å². The molecule has 0 radical (unpaired) electrons. The molecule has 0 rings (SSSR count). The summed E-state index contributed by atoms with van der Waals surface area (Å²) in [7, 11) is 0. The number of hydrogen-bond donors (Lipinski definition) is 0. The van der Waals surface area contributed by atoms with Gasteiger partial charge in [0.25, 0.3) is 0 Å². The van der Waals surface area contributed by atoms with Gasteiger partial charge in [0.15, 0.2) is 0 Å². The van der Waals surface area contributed by atoms with Gasteiger partial charge < -0.3 is 49.2 Å². The van der Waals surface area contributed by atoms with Crippen molar-refractivity contribution in [3.8, 4) is 0 Å². The zero-order chi connectivity index (χ0) is 0. The summed E-state index contributed by atoms with van der Waals surface area (Å²) in [6.07, 6.45) is 0. The van der Waals surface area contributed by atoms with Crippen molar-refractivity contribution in [2.24, 2.45) is 0 Å². The van der Waals surface area contributed by atoms with Crippen LogP contribution in [0, 0.1) is 0 Å². The van der Waals surface area contributed by atoms with Crippen LogP contribution in [0.2, 0.25) is 0 Å². The van der Waals surface area contributed by atoms with Crippen molar-refractivity contribution in [1.29, 1.82) is 0 Å². The van der Waals surface area contributed by atoms with Gasteiger partial charge in [0.1, 0.15) is 0 Å². The second kappa shape index (κ2) is 268. The predicted molar refractivity (Wildman–Crippen MR) is 44.1 cm³/mol. The summed E-state index contributed by atoms with van der Waals surface area (Å²) in [5.41, 5.74) is 0. The minimum Gasteiger partial charge on any atom is -3.00 e. The maximum Gasteiger partial charge on any atom is 5.00 e. The van der Waals surface area contributed by atoms with E-state index in [0.717, 1.165) is 0 Å². The van der Waals surface area contributed by atoms with Crippen LogP contribution in [0.25, 0.3) is 49.2 Å². The van der Waals surface area contributed by atoms with E-state index in [1.807, 2.05) is 0 Å². The van der Waals surface area contributed by atoms with E-state index in [0.29, 0.717) is 0 Å². The fourth-order valence-corrected chi connectivity index (χ4v) is 0. The van der Waals surface area contributed by atoms with Crippen LogP contribution in [0.3, 0.4) is 0 Å². The zero-order valence-electron chi connectivity index (χ0n) is 6.65. The van der Waals surface area contributed by atoms with Crippen molar-refractivity contribution in [2.45, 2.75) is 0 Å². The molecule has 0 unspecified atom stereocenters. The third-order valence-electron chi connectivity index (χ3n) is 0. The van der Waals surface area contributed by atoms with Gasteiger partial charge in [0, 0.05) is 0 Å². The first kappa shape index (κ1) is 321. The van der Waals surface area contributed by atoms with Gasteiger partial charge >= 0.3 is 133 Å². The maximum atomic E-state index is 0. The van der Waals surface area contributed by atoms with Crippen molar-refractivity contribution in [3.05, 3.63) is 49.2 Å². The molecule has 0 aliphatic heterocycles. The fraction of sp³-hybridized carbons (Fsp3) is 0. The number of hydrogen-bond acceptors (Lipinski definition) is 0. The Morgan fingerprint density at radius 3 is 0.214 bits per heavy atom. The molecule has 0 aliphatic rings. The molecule has 0 aromatic heterocycles. The normalized spacial score (nSPS) is 0. The monoisotopic (exact) mass is 610 g/mol. The van der Waals surface area contributed by atoms with E-state index in [4.69, 9.17) is 0 Å². The molecule has 0 aliphatic carbocycles. The predicted octanol–water partition coefficient (Wildman–Crippen LogP) is 1.16. The minimum atomic E-state index is 0. The second-order valence-electron chi connectivity index (χ2n) is 0.